The predicted molar refractivity (Wildman–Crippen MR) is 81.0 cm³/mol. The first-order valence-corrected chi connectivity index (χ1v) is 6.59. The molecule has 0 fully saturated rings. The van der Waals surface area contributed by atoms with Gasteiger partial charge in [-0.1, -0.05) is 12.1 Å². The summed E-state index contributed by atoms with van der Waals surface area (Å²) in [7, 11) is 1.28. The molecule has 0 bridgehead atoms. The zero-order valence-corrected chi connectivity index (χ0v) is 12.2. The van der Waals surface area contributed by atoms with Crippen molar-refractivity contribution in [3.63, 3.8) is 0 Å². The van der Waals surface area contributed by atoms with E-state index in [9.17, 15) is 19.9 Å². The maximum absolute atomic E-state index is 11.4. The van der Waals surface area contributed by atoms with Gasteiger partial charge in [-0.15, -0.1) is 0 Å². The summed E-state index contributed by atoms with van der Waals surface area (Å²) in [5.41, 5.74) is 1.69. The van der Waals surface area contributed by atoms with Crippen LogP contribution in [0.2, 0.25) is 0 Å². The number of hydrogen-bond acceptors (Lipinski definition) is 7. The van der Waals surface area contributed by atoms with E-state index in [0.29, 0.717) is 23.0 Å². The average Bonchev–Trinajstić information content (AvgIpc) is 2.55. The van der Waals surface area contributed by atoms with Crippen LogP contribution >= 0.6 is 0 Å². The fourth-order valence-electron chi connectivity index (χ4n) is 2.16. The molecule has 23 heavy (non-hydrogen) atoms. The van der Waals surface area contributed by atoms with Gasteiger partial charge in [0.15, 0.2) is 6.29 Å². The molecule has 0 atom stereocenters. The number of carbonyl (C=O) groups is 2. The number of aromatic hydroxyl groups is 1. The number of hydrogen-bond donors (Lipinski definition) is 2. The highest BCUT2D eigenvalue weighted by Gasteiger charge is 2.12. The van der Waals surface area contributed by atoms with Crippen molar-refractivity contribution in [2.75, 3.05) is 7.11 Å². The molecule has 0 amide bonds. The van der Waals surface area contributed by atoms with Gasteiger partial charge in [-0.05, 0) is 35.4 Å². The lowest BCUT2D eigenvalue weighted by Crippen LogP contribution is -2.10. The van der Waals surface area contributed by atoms with Gasteiger partial charge < -0.3 is 20.3 Å². The van der Waals surface area contributed by atoms with Gasteiger partial charge >= 0.3 is 5.97 Å². The largest absolute Gasteiger partial charge is 0.762 e. The first-order valence-electron chi connectivity index (χ1n) is 6.59. The molecule has 2 N–H and O–H groups in total. The van der Waals surface area contributed by atoms with E-state index >= 15 is 0 Å². The first kappa shape index (κ1) is 16.6. The van der Waals surface area contributed by atoms with Gasteiger partial charge in [0.2, 0.25) is 0 Å². The third-order valence-electron chi connectivity index (χ3n) is 3.29. The Morgan fingerprint density at radius 1 is 1.26 bits per heavy atom. The second kappa shape index (κ2) is 7.01. The molecule has 7 nitrogen and oxygen atoms in total. The highest BCUT2D eigenvalue weighted by Crippen LogP contribution is 2.30. The molecule has 7 heteroatoms. The molecule has 0 aliphatic carbocycles. The molecule has 0 heterocycles. The minimum Gasteiger partial charge on any atom is -0.762 e. The molecule has 0 spiro atoms. The Morgan fingerprint density at radius 3 is 2.43 bits per heavy atom. The Morgan fingerprint density at radius 2 is 1.91 bits per heavy atom. The number of rotatable bonds is 5. The van der Waals surface area contributed by atoms with Crippen molar-refractivity contribution in [3.8, 4) is 16.9 Å². The summed E-state index contributed by atoms with van der Waals surface area (Å²) >= 11 is 0. The summed E-state index contributed by atoms with van der Waals surface area (Å²) in [5.74, 6) is -0.830. The summed E-state index contributed by atoms with van der Waals surface area (Å²) in [6, 6.07) is 9.33. The third-order valence-corrected chi connectivity index (χ3v) is 3.29. The van der Waals surface area contributed by atoms with Crippen molar-refractivity contribution in [2.24, 2.45) is 0 Å². The minimum atomic E-state index is -0.485. The van der Waals surface area contributed by atoms with E-state index in [-0.39, 0.29) is 22.1 Å². The molecule has 2 aromatic carbocycles. The Bertz CT molecular complexity index is 724. The number of carbonyl (C=O) groups excluding carboxylic acids is 2. The van der Waals surface area contributed by atoms with Gasteiger partial charge in [-0.3, -0.25) is 10.0 Å². The van der Waals surface area contributed by atoms with Crippen molar-refractivity contribution in [2.45, 2.75) is 6.54 Å². The van der Waals surface area contributed by atoms with Crippen LogP contribution in [0.15, 0.2) is 36.4 Å². The molecule has 2 rings (SSSR count). The number of benzene rings is 2. The summed E-state index contributed by atoms with van der Waals surface area (Å²) in [5, 5.41) is 29.1. The normalized spacial score (nSPS) is 10.6. The van der Waals surface area contributed by atoms with E-state index in [1.165, 1.54) is 19.2 Å². The van der Waals surface area contributed by atoms with Crippen molar-refractivity contribution < 1.29 is 24.6 Å². The zero-order chi connectivity index (χ0) is 17.0. The molecule has 0 saturated carbocycles. The molecular weight excluding hydrogens is 302 g/mol. The fourth-order valence-corrected chi connectivity index (χ4v) is 2.16. The van der Waals surface area contributed by atoms with Crippen molar-refractivity contribution in [3.05, 3.63) is 58.3 Å². The second-order valence-corrected chi connectivity index (χ2v) is 4.77. The lowest BCUT2D eigenvalue weighted by molar-refractivity contribution is -0.0492. The van der Waals surface area contributed by atoms with Gasteiger partial charge in [-0.2, -0.15) is 0 Å². The lowest BCUT2D eigenvalue weighted by Gasteiger charge is -2.20. The molecule has 0 saturated heterocycles. The van der Waals surface area contributed by atoms with Crippen LogP contribution in [0.4, 0.5) is 0 Å². The molecule has 0 aliphatic heterocycles. The molecular formula is C16H14NO6-. The van der Waals surface area contributed by atoms with Crippen LogP contribution in [0, 0.1) is 5.21 Å². The Labute approximate surface area is 131 Å². The number of hydroxylamine groups is 2. The van der Waals surface area contributed by atoms with E-state index in [1.54, 1.807) is 24.3 Å². The van der Waals surface area contributed by atoms with Crippen LogP contribution in [0.3, 0.4) is 0 Å². The SMILES string of the molecule is COC(=O)c1ccc(-c2cc(C=O)c(O)c(CN([O-])O)c2)cc1. The quantitative estimate of drug-likeness (QED) is 0.495. The van der Waals surface area contributed by atoms with Crippen LogP contribution in [-0.4, -0.2) is 34.9 Å². The zero-order valence-electron chi connectivity index (χ0n) is 12.2. The van der Waals surface area contributed by atoms with Gasteiger partial charge in [0.05, 0.1) is 18.2 Å². The van der Waals surface area contributed by atoms with Gasteiger partial charge in [0.25, 0.3) is 0 Å². The fraction of sp³-hybridized carbons (Fsp3) is 0.125. The topological polar surface area (TPSA) is 110 Å². The van der Waals surface area contributed by atoms with Gasteiger partial charge in [-0.25, -0.2) is 4.79 Å². The van der Waals surface area contributed by atoms with Crippen LogP contribution in [0.1, 0.15) is 26.3 Å². The number of nitrogens with zero attached hydrogens (tertiary/aromatic N) is 1. The highest BCUT2D eigenvalue weighted by atomic mass is 16.8. The highest BCUT2D eigenvalue weighted by molar-refractivity contribution is 5.90. The molecule has 0 radical (unpaired) electrons. The molecule has 0 aromatic heterocycles. The summed E-state index contributed by atoms with van der Waals surface area (Å²) < 4.78 is 4.61. The van der Waals surface area contributed by atoms with Crippen molar-refractivity contribution >= 4 is 12.3 Å². The molecule has 120 valence electrons. The maximum Gasteiger partial charge on any atom is 0.337 e. The van der Waals surface area contributed by atoms with E-state index < -0.39 is 12.5 Å². The van der Waals surface area contributed by atoms with E-state index in [1.807, 2.05) is 0 Å². The van der Waals surface area contributed by atoms with Crippen LogP contribution in [0.5, 0.6) is 5.75 Å². The smallest absolute Gasteiger partial charge is 0.337 e. The Kier molecular flexibility index (Phi) is 5.07. The number of phenols is 1. The van der Waals surface area contributed by atoms with E-state index in [4.69, 9.17) is 5.21 Å². The van der Waals surface area contributed by atoms with E-state index in [0.717, 1.165) is 0 Å². The van der Waals surface area contributed by atoms with Gasteiger partial charge in [0, 0.05) is 12.1 Å². The summed E-state index contributed by atoms with van der Waals surface area (Å²) in [6.45, 7) is -0.485. The summed E-state index contributed by atoms with van der Waals surface area (Å²) in [6.07, 6.45) is 0.456. The Hall–Kier alpha value is -2.74. The third kappa shape index (κ3) is 3.72. The maximum atomic E-state index is 11.4. The minimum absolute atomic E-state index is 0.00334. The predicted octanol–water partition coefficient (Wildman–Crippen LogP) is 2.35. The molecule has 0 aliphatic rings. The van der Waals surface area contributed by atoms with Crippen LogP contribution in [-0.2, 0) is 11.3 Å². The number of ether oxygens (including phenoxy) is 1. The van der Waals surface area contributed by atoms with Gasteiger partial charge in [0.1, 0.15) is 5.75 Å². The molecule has 0 unspecified atom stereocenters. The van der Waals surface area contributed by atoms with Crippen LogP contribution in [0.25, 0.3) is 11.1 Å². The van der Waals surface area contributed by atoms with Crippen LogP contribution < -0.4 is 0 Å². The van der Waals surface area contributed by atoms with E-state index in [2.05, 4.69) is 4.74 Å². The number of phenolic OH excluding ortho intramolecular Hbond substituents is 1. The number of esters is 1. The Balaban J connectivity index is 2.46. The first-order chi connectivity index (χ1) is 11.0. The monoisotopic (exact) mass is 316 g/mol. The second-order valence-electron chi connectivity index (χ2n) is 4.77. The lowest BCUT2D eigenvalue weighted by atomic mass is 9.98. The standard InChI is InChI=1S/C16H14NO6/c1-23-16(20)11-4-2-10(3-5-11)12-6-13(8-17(21)22)15(19)14(7-12)9-18/h2-7,9,19,21H,8H2,1H3/q-1. The number of methoxy groups -OCH3 is 1. The number of aldehydes is 1. The molecule has 2 aromatic rings. The van der Waals surface area contributed by atoms with Crippen molar-refractivity contribution in [1.29, 1.82) is 0 Å². The average molecular weight is 316 g/mol. The van der Waals surface area contributed by atoms with Crippen molar-refractivity contribution in [1.82, 2.24) is 5.23 Å². The summed E-state index contributed by atoms with van der Waals surface area (Å²) in [4.78, 5) is 22.5.